The number of benzene rings is 1. The Hall–Kier alpha value is -0.687. The molecule has 0 aliphatic heterocycles. The third kappa shape index (κ3) is 1.18. The van der Waals surface area contributed by atoms with Crippen LogP contribution >= 0.6 is 0 Å². The van der Waals surface area contributed by atoms with E-state index in [9.17, 15) is 4.79 Å². The van der Waals surface area contributed by atoms with Crippen LogP contribution in [0.4, 0.5) is 0 Å². The molecule has 0 spiro atoms. The zero-order valence-electron chi connectivity index (χ0n) is 6.24. The first kappa shape index (κ1) is 7.94. The van der Waals surface area contributed by atoms with Crippen LogP contribution < -0.4 is 3.27 Å². The predicted molar refractivity (Wildman–Crippen MR) is 49.1 cm³/mol. The van der Waals surface area contributed by atoms with Gasteiger partial charge in [0, 0.05) is 0 Å². The molecule has 2 nitrogen and oxygen atoms in total. The first-order valence-corrected chi connectivity index (χ1v) is 5.30. The van der Waals surface area contributed by atoms with Crippen molar-refractivity contribution in [3.05, 3.63) is 30.0 Å². The standard InChI is InChI=1S/C9H6NO.Bi/c11-6-7-5-10-9-4-2-1-3-8(7)9;/h2-6,10H;. The zero-order chi connectivity index (χ0) is 8.55. The minimum atomic E-state index is 0.748. The van der Waals surface area contributed by atoms with Crippen LogP contribution in [-0.2, 0) is 0 Å². The topological polar surface area (TPSA) is 32.9 Å². The predicted octanol–water partition coefficient (Wildman–Crippen LogP) is 0.774. The number of rotatable bonds is 1. The molecule has 3 heteroatoms. The van der Waals surface area contributed by atoms with Gasteiger partial charge >= 0.3 is 84.9 Å². The molecule has 0 atom stereocenters. The van der Waals surface area contributed by atoms with E-state index in [-0.39, 0.29) is 0 Å². The molecule has 1 heterocycles. The number of carbonyl (C=O) groups is 1. The molecule has 12 heavy (non-hydrogen) atoms. The van der Waals surface area contributed by atoms with Crippen molar-refractivity contribution in [3.63, 3.8) is 0 Å². The van der Waals surface area contributed by atoms with Crippen LogP contribution in [0.15, 0.2) is 24.4 Å². The van der Waals surface area contributed by atoms with Crippen LogP contribution in [0.1, 0.15) is 10.4 Å². The third-order valence-corrected chi connectivity index (χ3v) is 2.91. The van der Waals surface area contributed by atoms with Crippen LogP contribution in [0.5, 0.6) is 0 Å². The van der Waals surface area contributed by atoms with E-state index < -0.39 is 0 Å². The number of hydrogen-bond donors (Lipinski definition) is 1. The summed E-state index contributed by atoms with van der Waals surface area (Å²) in [6.45, 7) is 0. The van der Waals surface area contributed by atoms with Crippen LogP contribution in [0.2, 0.25) is 0 Å². The van der Waals surface area contributed by atoms with Crippen LogP contribution in [0.25, 0.3) is 10.9 Å². The molecule has 0 bridgehead atoms. The fourth-order valence-electron chi connectivity index (χ4n) is 1.23. The van der Waals surface area contributed by atoms with Gasteiger partial charge in [-0.2, -0.15) is 0 Å². The average Bonchev–Trinajstić information content (AvgIpc) is 2.46. The molecule has 0 unspecified atom stereocenters. The second kappa shape index (κ2) is 2.98. The summed E-state index contributed by atoms with van der Waals surface area (Å²) in [4.78, 5) is 13.6. The molecule has 2 radical (unpaired) electrons. The maximum absolute atomic E-state index is 10.6. The number of aldehydes is 1. The number of hydrogen-bond acceptors (Lipinski definition) is 1. The molecule has 0 fully saturated rings. The van der Waals surface area contributed by atoms with Crippen LogP contribution in [0.3, 0.4) is 0 Å². The number of aromatic amines is 1. The quantitative estimate of drug-likeness (QED) is 0.597. The summed E-state index contributed by atoms with van der Waals surface area (Å²) >= 11 is 1.22. The molecular formula is C9H6BiNO. The summed E-state index contributed by atoms with van der Waals surface area (Å²) in [5.41, 5.74) is 1.78. The molecule has 58 valence electrons. The minimum absolute atomic E-state index is 0.748. The van der Waals surface area contributed by atoms with Gasteiger partial charge in [0.15, 0.2) is 0 Å². The summed E-state index contributed by atoms with van der Waals surface area (Å²) in [5.74, 6) is 0. The number of aromatic nitrogens is 1. The van der Waals surface area contributed by atoms with Gasteiger partial charge in [0.05, 0.1) is 0 Å². The Balaban J connectivity index is 2.83. The van der Waals surface area contributed by atoms with Crippen molar-refractivity contribution in [2.75, 3.05) is 0 Å². The summed E-state index contributed by atoms with van der Waals surface area (Å²) < 4.78 is 1.28. The van der Waals surface area contributed by atoms with Crippen LogP contribution in [-0.4, -0.2) is 36.0 Å². The Morgan fingerprint density at radius 3 is 3.00 bits per heavy atom. The Bertz CT molecular complexity index is 433. The number of carbonyl (C=O) groups excluding carboxylic acids is 1. The molecule has 1 aromatic heterocycles. The molecule has 1 N–H and O–H groups in total. The second-order valence-corrected chi connectivity index (χ2v) is 4.60. The van der Waals surface area contributed by atoms with E-state index in [1.165, 1.54) is 28.0 Å². The fraction of sp³-hybridized carbons (Fsp3) is 0. The normalized spacial score (nSPS) is 10.4. The van der Waals surface area contributed by atoms with E-state index in [1.807, 2.05) is 6.07 Å². The van der Waals surface area contributed by atoms with Gasteiger partial charge in [0.25, 0.3) is 0 Å². The summed E-state index contributed by atoms with van der Waals surface area (Å²) in [7, 11) is 0. The SMILES string of the molecule is O=Cc1c[nH]c2cc[c]([Bi])cc12. The molecule has 2 aromatic rings. The van der Waals surface area contributed by atoms with Gasteiger partial charge in [-0.05, 0) is 0 Å². The van der Waals surface area contributed by atoms with E-state index in [0.717, 1.165) is 22.8 Å². The Morgan fingerprint density at radius 2 is 2.25 bits per heavy atom. The van der Waals surface area contributed by atoms with Crippen molar-refractivity contribution >= 4 is 45.2 Å². The Morgan fingerprint density at radius 1 is 1.42 bits per heavy atom. The van der Waals surface area contributed by atoms with Gasteiger partial charge in [-0.25, -0.2) is 0 Å². The molecule has 0 saturated heterocycles. The van der Waals surface area contributed by atoms with Crippen molar-refractivity contribution < 1.29 is 4.79 Å². The van der Waals surface area contributed by atoms with Gasteiger partial charge in [-0.15, -0.1) is 0 Å². The van der Waals surface area contributed by atoms with E-state index in [2.05, 4.69) is 17.1 Å². The number of nitrogens with one attached hydrogen (secondary N) is 1. The zero-order valence-corrected chi connectivity index (χ0v) is 9.72. The molecule has 1 aromatic carbocycles. The van der Waals surface area contributed by atoms with Crippen molar-refractivity contribution in [3.8, 4) is 0 Å². The Labute approximate surface area is 84.8 Å². The number of fused-ring (bicyclic) bond motifs is 1. The van der Waals surface area contributed by atoms with Crippen molar-refractivity contribution in [1.29, 1.82) is 0 Å². The van der Waals surface area contributed by atoms with Gasteiger partial charge in [0.2, 0.25) is 0 Å². The molecular weight excluding hydrogens is 347 g/mol. The molecule has 0 amide bonds. The van der Waals surface area contributed by atoms with Crippen molar-refractivity contribution in [2.45, 2.75) is 0 Å². The molecule has 0 aliphatic carbocycles. The van der Waals surface area contributed by atoms with Crippen molar-refractivity contribution in [1.82, 2.24) is 4.98 Å². The maximum atomic E-state index is 10.6. The van der Waals surface area contributed by atoms with Gasteiger partial charge in [0.1, 0.15) is 0 Å². The molecule has 0 saturated carbocycles. The van der Waals surface area contributed by atoms with Gasteiger partial charge in [-0.3, -0.25) is 0 Å². The fourth-order valence-corrected chi connectivity index (χ4v) is 2.02. The number of H-pyrrole nitrogens is 1. The summed E-state index contributed by atoms with van der Waals surface area (Å²) in [6.07, 6.45) is 2.63. The summed E-state index contributed by atoms with van der Waals surface area (Å²) in [6, 6.07) is 6.14. The van der Waals surface area contributed by atoms with Gasteiger partial charge < -0.3 is 0 Å². The monoisotopic (exact) mass is 353 g/mol. The van der Waals surface area contributed by atoms with Crippen molar-refractivity contribution in [2.24, 2.45) is 0 Å². The van der Waals surface area contributed by atoms with E-state index >= 15 is 0 Å². The second-order valence-electron chi connectivity index (χ2n) is 2.59. The van der Waals surface area contributed by atoms with Gasteiger partial charge in [-0.1, -0.05) is 0 Å². The average molecular weight is 353 g/mol. The Kier molecular flexibility index (Phi) is 1.97. The van der Waals surface area contributed by atoms with E-state index in [4.69, 9.17) is 0 Å². The molecule has 0 aliphatic rings. The molecule has 2 rings (SSSR count). The van der Waals surface area contributed by atoms with Crippen LogP contribution in [0, 0.1) is 0 Å². The first-order chi connectivity index (χ1) is 5.81. The van der Waals surface area contributed by atoms with E-state index in [0.29, 0.717) is 0 Å². The van der Waals surface area contributed by atoms with E-state index in [1.54, 1.807) is 6.20 Å². The first-order valence-electron chi connectivity index (χ1n) is 3.56. The summed E-state index contributed by atoms with van der Waals surface area (Å²) in [5, 5.41) is 1.03. The third-order valence-electron chi connectivity index (χ3n) is 1.82.